The van der Waals surface area contributed by atoms with Crippen molar-refractivity contribution in [2.75, 3.05) is 19.6 Å². The first-order chi connectivity index (χ1) is 16.6. The molecule has 4 rings (SSSR count). The average Bonchev–Trinajstić information content (AvgIpc) is 3.02. The molecule has 0 spiro atoms. The minimum absolute atomic E-state index is 0.229. The summed E-state index contributed by atoms with van der Waals surface area (Å²) < 4.78 is 5.80. The molecule has 2 saturated heterocycles. The fraction of sp³-hybridized carbons (Fsp3) is 0.444. The summed E-state index contributed by atoms with van der Waals surface area (Å²) in [5, 5.41) is 5.55. The molecule has 2 aliphatic heterocycles. The monoisotopic (exact) mass is 478 g/mol. The number of imide groups is 1. The summed E-state index contributed by atoms with van der Waals surface area (Å²) in [4.78, 5) is 41.4. The molecular formula is C27H34N4O4. The molecule has 8 heteroatoms. The lowest BCUT2D eigenvalue weighted by Crippen LogP contribution is -2.44. The number of carbonyl (C=O) groups is 3. The number of morpholine rings is 1. The Labute approximate surface area is 206 Å². The maximum absolute atomic E-state index is 13.0. The Balaban J connectivity index is 1.29. The minimum Gasteiger partial charge on any atom is -0.373 e. The molecule has 2 fully saturated rings. The highest BCUT2D eigenvalue weighted by Crippen LogP contribution is 2.28. The third-order valence-corrected chi connectivity index (χ3v) is 6.62. The molecule has 2 aromatic rings. The summed E-state index contributed by atoms with van der Waals surface area (Å²) in [6.07, 6.45) is 0.458. The molecule has 0 radical (unpaired) electrons. The smallest absolute Gasteiger partial charge is 0.325 e. The third-order valence-electron chi connectivity index (χ3n) is 6.62. The molecular weight excluding hydrogens is 444 g/mol. The number of nitrogens with one attached hydrogen (secondary N) is 2. The van der Waals surface area contributed by atoms with E-state index in [2.05, 4.69) is 41.5 Å². The van der Waals surface area contributed by atoms with Crippen LogP contribution in [0.25, 0.3) is 0 Å². The summed E-state index contributed by atoms with van der Waals surface area (Å²) in [6, 6.07) is 15.0. The van der Waals surface area contributed by atoms with Gasteiger partial charge in [-0.3, -0.25) is 19.4 Å². The van der Waals surface area contributed by atoms with Crippen molar-refractivity contribution in [3.05, 3.63) is 70.8 Å². The van der Waals surface area contributed by atoms with Crippen molar-refractivity contribution in [1.82, 2.24) is 20.4 Å². The van der Waals surface area contributed by atoms with Gasteiger partial charge in [-0.25, -0.2) is 4.79 Å². The fourth-order valence-corrected chi connectivity index (χ4v) is 4.76. The van der Waals surface area contributed by atoms with Crippen LogP contribution in [0.15, 0.2) is 48.5 Å². The molecule has 35 heavy (non-hydrogen) atoms. The highest BCUT2D eigenvalue weighted by Gasteiger charge is 2.49. The van der Waals surface area contributed by atoms with Crippen molar-refractivity contribution in [3.8, 4) is 0 Å². The van der Waals surface area contributed by atoms with E-state index in [9.17, 15) is 14.4 Å². The van der Waals surface area contributed by atoms with E-state index in [1.807, 2.05) is 43.3 Å². The lowest BCUT2D eigenvalue weighted by atomic mass is 9.91. The molecule has 8 nitrogen and oxygen atoms in total. The van der Waals surface area contributed by atoms with E-state index in [1.165, 1.54) is 5.56 Å². The van der Waals surface area contributed by atoms with Crippen LogP contribution in [0.5, 0.6) is 0 Å². The van der Waals surface area contributed by atoms with E-state index in [0.717, 1.165) is 35.7 Å². The van der Waals surface area contributed by atoms with Crippen molar-refractivity contribution >= 4 is 17.8 Å². The standard InChI is InChI=1S/C27H34N4O4/c1-18-5-11-23(12-6-18)27(4)25(33)31(26(34)29-27)17-24(32)28-13-21-7-9-22(10-8-21)16-30-14-19(2)35-20(3)15-30/h5-12,19-20H,13-17H2,1-4H3,(H,28,32)(H,29,34). The second kappa shape index (κ2) is 10.2. The number of carbonyl (C=O) groups excluding carboxylic acids is 3. The van der Waals surface area contributed by atoms with Gasteiger partial charge in [0.2, 0.25) is 5.91 Å². The van der Waals surface area contributed by atoms with Gasteiger partial charge in [0.15, 0.2) is 0 Å². The number of amides is 4. The van der Waals surface area contributed by atoms with Crippen LogP contribution in [-0.2, 0) is 33.0 Å². The number of nitrogens with zero attached hydrogens (tertiary/aromatic N) is 2. The van der Waals surface area contributed by atoms with Crippen LogP contribution >= 0.6 is 0 Å². The largest absolute Gasteiger partial charge is 0.373 e. The van der Waals surface area contributed by atoms with Gasteiger partial charge < -0.3 is 15.4 Å². The highest BCUT2D eigenvalue weighted by atomic mass is 16.5. The molecule has 0 aromatic heterocycles. The summed E-state index contributed by atoms with van der Waals surface area (Å²) in [7, 11) is 0. The van der Waals surface area contributed by atoms with Gasteiger partial charge in [0.25, 0.3) is 5.91 Å². The van der Waals surface area contributed by atoms with Crippen LogP contribution in [0.2, 0.25) is 0 Å². The zero-order valence-electron chi connectivity index (χ0n) is 20.8. The lowest BCUT2D eigenvalue weighted by molar-refractivity contribution is -0.134. The zero-order valence-corrected chi connectivity index (χ0v) is 20.8. The molecule has 186 valence electrons. The SMILES string of the molecule is Cc1ccc(C2(C)NC(=O)N(CC(=O)NCc3ccc(CN4CC(C)OC(C)C4)cc3)C2=O)cc1. The van der Waals surface area contributed by atoms with E-state index in [1.54, 1.807) is 6.92 Å². The molecule has 3 unspecified atom stereocenters. The third kappa shape index (κ3) is 5.71. The van der Waals surface area contributed by atoms with Crippen molar-refractivity contribution in [3.63, 3.8) is 0 Å². The predicted octanol–water partition coefficient (Wildman–Crippen LogP) is 2.69. The normalized spacial score (nSPS) is 25.0. The van der Waals surface area contributed by atoms with Crippen LogP contribution in [0.3, 0.4) is 0 Å². The molecule has 2 aromatic carbocycles. The van der Waals surface area contributed by atoms with Gasteiger partial charge in [-0.2, -0.15) is 0 Å². The number of ether oxygens (including phenoxy) is 1. The number of hydrogen-bond donors (Lipinski definition) is 2. The first-order valence-electron chi connectivity index (χ1n) is 12.1. The molecule has 2 N–H and O–H groups in total. The Bertz CT molecular complexity index is 1080. The van der Waals surface area contributed by atoms with Gasteiger partial charge in [0.1, 0.15) is 12.1 Å². The van der Waals surface area contributed by atoms with Gasteiger partial charge in [-0.05, 0) is 44.4 Å². The van der Waals surface area contributed by atoms with Crippen LogP contribution < -0.4 is 10.6 Å². The van der Waals surface area contributed by atoms with Crippen LogP contribution in [0, 0.1) is 6.92 Å². The van der Waals surface area contributed by atoms with E-state index >= 15 is 0 Å². The Morgan fingerprint density at radius 2 is 1.63 bits per heavy atom. The van der Waals surface area contributed by atoms with Crippen molar-refractivity contribution in [2.24, 2.45) is 0 Å². The Morgan fingerprint density at radius 3 is 2.26 bits per heavy atom. The second-order valence-corrected chi connectivity index (χ2v) is 9.86. The first-order valence-corrected chi connectivity index (χ1v) is 12.1. The molecule has 4 amide bonds. The molecule has 0 saturated carbocycles. The zero-order chi connectivity index (χ0) is 25.2. The fourth-order valence-electron chi connectivity index (χ4n) is 4.76. The Hall–Kier alpha value is -3.23. The molecule has 2 aliphatic rings. The summed E-state index contributed by atoms with van der Waals surface area (Å²) in [5.41, 5.74) is 2.72. The van der Waals surface area contributed by atoms with Crippen molar-refractivity contribution < 1.29 is 19.1 Å². The van der Waals surface area contributed by atoms with E-state index in [4.69, 9.17) is 4.74 Å². The number of rotatable bonds is 7. The number of hydrogen-bond acceptors (Lipinski definition) is 5. The summed E-state index contributed by atoms with van der Waals surface area (Å²) >= 11 is 0. The number of urea groups is 1. The van der Waals surface area contributed by atoms with E-state index in [0.29, 0.717) is 12.1 Å². The predicted molar refractivity (Wildman–Crippen MR) is 132 cm³/mol. The summed E-state index contributed by atoms with van der Waals surface area (Å²) in [5.74, 6) is -0.820. The van der Waals surface area contributed by atoms with Gasteiger partial charge >= 0.3 is 6.03 Å². The van der Waals surface area contributed by atoms with E-state index in [-0.39, 0.29) is 24.7 Å². The van der Waals surface area contributed by atoms with Crippen molar-refractivity contribution in [2.45, 2.75) is 58.5 Å². The average molecular weight is 479 g/mol. The van der Waals surface area contributed by atoms with Crippen LogP contribution in [0.1, 0.15) is 43.0 Å². The summed E-state index contributed by atoms with van der Waals surface area (Å²) in [6.45, 7) is 10.5. The highest BCUT2D eigenvalue weighted by molar-refractivity contribution is 6.09. The van der Waals surface area contributed by atoms with Gasteiger partial charge in [-0.15, -0.1) is 0 Å². The Kier molecular flexibility index (Phi) is 7.23. The maximum Gasteiger partial charge on any atom is 0.325 e. The number of benzene rings is 2. The van der Waals surface area contributed by atoms with Crippen molar-refractivity contribution in [1.29, 1.82) is 0 Å². The first kappa shape index (κ1) is 24.9. The van der Waals surface area contributed by atoms with E-state index < -0.39 is 17.5 Å². The maximum atomic E-state index is 13.0. The lowest BCUT2D eigenvalue weighted by Gasteiger charge is -2.35. The quantitative estimate of drug-likeness (QED) is 0.597. The molecule has 2 heterocycles. The number of aryl methyl sites for hydroxylation is 1. The van der Waals surface area contributed by atoms with Crippen LogP contribution in [-0.4, -0.2) is 59.5 Å². The Morgan fingerprint density at radius 1 is 1.03 bits per heavy atom. The van der Waals surface area contributed by atoms with Crippen LogP contribution in [0.4, 0.5) is 4.79 Å². The second-order valence-electron chi connectivity index (χ2n) is 9.86. The molecule has 0 aliphatic carbocycles. The van der Waals surface area contributed by atoms with Gasteiger partial charge in [-0.1, -0.05) is 54.1 Å². The van der Waals surface area contributed by atoms with Gasteiger partial charge in [0.05, 0.1) is 12.2 Å². The topological polar surface area (TPSA) is 91.0 Å². The molecule has 3 atom stereocenters. The minimum atomic E-state index is -1.18. The van der Waals surface area contributed by atoms with Gasteiger partial charge in [0, 0.05) is 26.2 Å². The molecule has 0 bridgehead atoms.